The topological polar surface area (TPSA) is 3.24 Å². The average molecular weight is 181 g/mol. The fraction of sp³-hybridized carbons (Fsp3) is 1.00. The molecular weight excluding hydrogens is 158 g/mol. The van der Waals surface area contributed by atoms with Crippen molar-refractivity contribution in [1.82, 2.24) is 4.90 Å². The monoisotopic (exact) mass is 181 g/mol. The largest absolute Gasteiger partial charge is 0.298 e. The standard InChI is InChI=1S/C12H23N/c1-9(2)13-7-6-11-4-5-12(8-11)10(13)3/h9-12H,4-8H2,1-3H3. The summed E-state index contributed by atoms with van der Waals surface area (Å²) in [5.74, 6) is 2.08. The van der Waals surface area contributed by atoms with Crippen molar-refractivity contribution in [2.75, 3.05) is 6.54 Å². The van der Waals surface area contributed by atoms with Crippen LogP contribution in [0.15, 0.2) is 0 Å². The summed E-state index contributed by atoms with van der Waals surface area (Å²) in [7, 11) is 0. The molecule has 1 aliphatic carbocycles. The summed E-state index contributed by atoms with van der Waals surface area (Å²) in [6.07, 6.45) is 5.99. The molecule has 1 heterocycles. The Morgan fingerprint density at radius 2 is 1.92 bits per heavy atom. The highest BCUT2D eigenvalue weighted by Gasteiger charge is 2.35. The van der Waals surface area contributed by atoms with Crippen molar-refractivity contribution in [2.24, 2.45) is 11.8 Å². The van der Waals surface area contributed by atoms with Gasteiger partial charge in [-0.25, -0.2) is 0 Å². The summed E-state index contributed by atoms with van der Waals surface area (Å²) in [5, 5.41) is 0. The van der Waals surface area contributed by atoms with Crippen LogP contribution in [-0.2, 0) is 0 Å². The molecule has 3 atom stereocenters. The fourth-order valence-electron chi connectivity index (χ4n) is 3.35. The number of nitrogens with zero attached hydrogens (tertiary/aromatic N) is 1. The summed E-state index contributed by atoms with van der Waals surface area (Å²) in [6.45, 7) is 8.48. The molecule has 76 valence electrons. The third-order valence-corrected chi connectivity index (χ3v) is 4.25. The minimum Gasteiger partial charge on any atom is -0.298 e. The Morgan fingerprint density at radius 3 is 2.62 bits per heavy atom. The zero-order valence-electron chi connectivity index (χ0n) is 9.29. The van der Waals surface area contributed by atoms with Gasteiger partial charge in [0, 0.05) is 12.1 Å². The molecule has 2 bridgehead atoms. The minimum atomic E-state index is 0.745. The highest BCUT2D eigenvalue weighted by atomic mass is 15.2. The van der Waals surface area contributed by atoms with Crippen molar-refractivity contribution in [1.29, 1.82) is 0 Å². The van der Waals surface area contributed by atoms with E-state index >= 15 is 0 Å². The van der Waals surface area contributed by atoms with Crippen LogP contribution in [0.25, 0.3) is 0 Å². The van der Waals surface area contributed by atoms with Gasteiger partial charge >= 0.3 is 0 Å². The van der Waals surface area contributed by atoms with E-state index in [9.17, 15) is 0 Å². The van der Waals surface area contributed by atoms with Crippen LogP contribution in [0.2, 0.25) is 0 Å². The first kappa shape index (κ1) is 9.51. The third kappa shape index (κ3) is 1.76. The van der Waals surface area contributed by atoms with E-state index in [4.69, 9.17) is 0 Å². The maximum absolute atomic E-state index is 2.71. The highest BCUT2D eigenvalue weighted by molar-refractivity contribution is 4.89. The molecule has 13 heavy (non-hydrogen) atoms. The Kier molecular flexibility index (Phi) is 2.64. The zero-order chi connectivity index (χ0) is 9.42. The Bertz CT molecular complexity index is 176. The van der Waals surface area contributed by atoms with Gasteiger partial charge in [-0.15, -0.1) is 0 Å². The van der Waals surface area contributed by atoms with Gasteiger partial charge in [0.05, 0.1) is 0 Å². The first-order chi connectivity index (χ1) is 6.18. The molecule has 1 saturated carbocycles. The molecule has 0 aromatic heterocycles. The quantitative estimate of drug-likeness (QED) is 0.601. The SMILES string of the molecule is CC(C)N1CCC2CCC(C2)C1C. The third-order valence-electron chi connectivity index (χ3n) is 4.25. The van der Waals surface area contributed by atoms with Gasteiger partial charge in [0.25, 0.3) is 0 Å². The smallest absolute Gasteiger partial charge is 0.00979 e. The van der Waals surface area contributed by atoms with Crippen LogP contribution in [0.5, 0.6) is 0 Å². The lowest BCUT2D eigenvalue weighted by Crippen LogP contribution is -2.42. The van der Waals surface area contributed by atoms with Gasteiger partial charge in [0.1, 0.15) is 0 Å². The van der Waals surface area contributed by atoms with Gasteiger partial charge < -0.3 is 0 Å². The first-order valence-electron chi connectivity index (χ1n) is 5.94. The van der Waals surface area contributed by atoms with Crippen molar-refractivity contribution in [3.05, 3.63) is 0 Å². The van der Waals surface area contributed by atoms with Crippen LogP contribution < -0.4 is 0 Å². The van der Waals surface area contributed by atoms with Gasteiger partial charge in [0.15, 0.2) is 0 Å². The molecule has 3 unspecified atom stereocenters. The molecule has 0 radical (unpaired) electrons. The molecule has 1 heteroatoms. The van der Waals surface area contributed by atoms with E-state index in [1.807, 2.05) is 0 Å². The normalized spacial score (nSPS) is 41.1. The summed E-state index contributed by atoms with van der Waals surface area (Å²) in [4.78, 5) is 2.71. The Hall–Kier alpha value is -0.0400. The summed E-state index contributed by atoms with van der Waals surface area (Å²) in [5.41, 5.74) is 0. The van der Waals surface area contributed by atoms with Crippen LogP contribution in [0, 0.1) is 11.8 Å². The average Bonchev–Trinajstić information content (AvgIpc) is 2.44. The second-order valence-corrected chi connectivity index (χ2v) is 5.30. The summed E-state index contributed by atoms with van der Waals surface area (Å²) < 4.78 is 0. The fourth-order valence-corrected chi connectivity index (χ4v) is 3.35. The molecule has 2 fully saturated rings. The van der Waals surface area contributed by atoms with E-state index in [2.05, 4.69) is 25.7 Å². The Balaban J connectivity index is 2.07. The number of hydrogen-bond donors (Lipinski definition) is 0. The lowest BCUT2D eigenvalue weighted by Gasteiger charge is -2.35. The van der Waals surface area contributed by atoms with Crippen molar-refractivity contribution >= 4 is 0 Å². The van der Waals surface area contributed by atoms with E-state index in [1.54, 1.807) is 0 Å². The van der Waals surface area contributed by atoms with E-state index in [0.717, 1.165) is 23.9 Å². The lowest BCUT2D eigenvalue weighted by atomic mass is 9.98. The summed E-state index contributed by atoms with van der Waals surface area (Å²) >= 11 is 0. The molecule has 2 rings (SSSR count). The molecule has 0 aromatic rings. The number of fused-ring (bicyclic) bond motifs is 2. The molecule has 0 aromatic carbocycles. The predicted molar refractivity (Wildman–Crippen MR) is 56.8 cm³/mol. The second kappa shape index (κ2) is 3.61. The van der Waals surface area contributed by atoms with Crippen molar-refractivity contribution in [2.45, 2.75) is 58.5 Å². The second-order valence-electron chi connectivity index (χ2n) is 5.30. The van der Waals surface area contributed by atoms with Crippen LogP contribution >= 0.6 is 0 Å². The van der Waals surface area contributed by atoms with Gasteiger partial charge in [-0.3, -0.25) is 4.90 Å². The number of likely N-dealkylation sites (tertiary alicyclic amines) is 1. The molecule has 0 spiro atoms. The van der Waals surface area contributed by atoms with Crippen molar-refractivity contribution < 1.29 is 0 Å². The van der Waals surface area contributed by atoms with Crippen LogP contribution in [0.1, 0.15) is 46.5 Å². The first-order valence-corrected chi connectivity index (χ1v) is 5.94. The van der Waals surface area contributed by atoms with Crippen molar-refractivity contribution in [3.63, 3.8) is 0 Å². The maximum atomic E-state index is 2.71. The molecule has 1 aliphatic heterocycles. The van der Waals surface area contributed by atoms with Gasteiger partial charge in [-0.1, -0.05) is 6.42 Å². The maximum Gasteiger partial charge on any atom is 0.00979 e. The summed E-state index contributed by atoms with van der Waals surface area (Å²) in [6, 6.07) is 1.59. The molecule has 2 aliphatic rings. The minimum absolute atomic E-state index is 0.745. The zero-order valence-corrected chi connectivity index (χ0v) is 9.29. The van der Waals surface area contributed by atoms with Crippen LogP contribution in [0.4, 0.5) is 0 Å². The molecular formula is C12H23N. The van der Waals surface area contributed by atoms with Crippen LogP contribution in [0.3, 0.4) is 0 Å². The molecule has 1 saturated heterocycles. The number of rotatable bonds is 1. The highest BCUT2D eigenvalue weighted by Crippen LogP contribution is 2.40. The molecule has 1 nitrogen and oxygen atoms in total. The van der Waals surface area contributed by atoms with E-state index in [-0.39, 0.29) is 0 Å². The Labute approximate surface area is 82.5 Å². The van der Waals surface area contributed by atoms with Gasteiger partial charge in [-0.2, -0.15) is 0 Å². The Morgan fingerprint density at radius 1 is 1.15 bits per heavy atom. The van der Waals surface area contributed by atoms with Crippen LogP contribution in [-0.4, -0.2) is 23.5 Å². The van der Waals surface area contributed by atoms with E-state index < -0.39 is 0 Å². The van der Waals surface area contributed by atoms with Gasteiger partial charge in [-0.05, 0) is 58.4 Å². The van der Waals surface area contributed by atoms with Crippen molar-refractivity contribution in [3.8, 4) is 0 Å². The van der Waals surface area contributed by atoms with E-state index in [0.29, 0.717) is 0 Å². The number of hydrogen-bond acceptors (Lipinski definition) is 1. The molecule has 0 amide bonds. The van der Waals surface area contributed by atoms with Gasteiger partial charge in [0.2, 0.25) is 0 Å². The molecule has 0 N–H and O–H groups in total. The van der Waals surface area contributed by atoms with E-state index in [1.165, 1.54) is 32.2 Å². The predicted octanol–water partition coefficient (Wildman–Crippen LogP) is 2.91. The lowest BCUT2D eigenvalue weighted by molar-refractivity contribution is 0.126.